The van der Waals surface area contributed by atoms with Crippen LogP contribution in [0.2, 0.25) is 5.02 Å². The molecule has 5 heterocycles. The Kier molecular flexibility index (Phi) is 11.4. The number of aromatic nitrogens is 3. The number of hydrogen-bond donors (Lipinski definition) is 4. The smallest absolute Gasteiger partial charge is 0.421 e. The molecule has 1 aliphatic carbocycles. The lowest BCUT2D eigenvalue weighted by molar-refractivity contribution is -0.139. The van der Waals surface area contributed by atoms with E-state index in [9.17, 15) is 22.8 Å². The highest BCUT2D eigenvalue weighted by atomic mass is 35.5. The van der Waals surface area contributed by atoms with Crippen LogP contribution in [0.3, 0.4) is 0 Å². The second kappa shape index (κ2) is 16.4. The van der Waals surface area contributed by atoms with Crippen molar-refractivity contribution in [3.05, 3.63) is 81.5 Å². The molecule has 290 valence electrons. The van der Waals surface area contributed by atoms with Crippen molar-refractivity contribution in [2.45, 2.75) is 76.0 Å². The zero-order chi connectivity index (χ0) is 38.7. The number of halogens is 4. The molecule has 3 aliphatic rings. The molecule has 3 aromatic heterocycles. The largest absolute Gasteiger partial charge is 0.481 e. The van der Waals surface area contributed by atoms with Gasteiger partial charge in [-0.1, -0.05) is 35.9 Å². The molecule has 0 saturated carbocycles. The molecule has 1 aromatic carbocycles. The van der Waals surface area contributed by atoms with Crippen molar-refractivity contribution in [1.82, 2.24) is 36.2 Å². The van der Waals surface area contributed by atoms with E-state index in [1.54, 1.807) is 25.4 Å². The van der Waals surface area contributed by atoms with Gasteiger partial charge < -0.3 is 35.5 Å². The molecule has 4 N–H and O–H groups in total. The van der Waals surface area contributed by atoms with Crippen LogP contribution in [0.25, 0.3) is 22.5 Å². The van der Waals surface area contributed by atoms with Crippen LogP contribution < -0.4 is 35.5 Å². The van der Waals surface area contributed by atoms with Crippen LogP contribution in [0.4, 0.5) is 13.2 Å². The number of benzene rings is 1. The molecule has 0 radical (unpaired) electrons. The zero-order valence-corrected chi connectivity index (χ0v) is 31.1. The van der Waals surface area contributed by atoms with Crippen molar-refractivity contribution in [1.29, 1.82) is 0 Å². The van der Waals surface area contributed by atoms with E-state index in [0.717, 1.165) is 29.2 Å². The normalized spacial score (nSPS) is 19.3. The Hall–Kier alpha value is -4.99. The first-order valence-corrected chi connectivity index (χ1v) is 18.5. The van der Waals surface area contributed by atoms with Crippen LogP contribution in [-0.4, -0.2) is 66.2 Å². The van der Waals surface area contributed by atoms with Gasteiger partial charge in [0, 0.05) is 79.6 Å². The van der Waals surface area contributed by atoms with Gasteiger partial charge in [-0.05, 0) is 55.0 Å². The van der Waals surface area contributed by atoms with Gasteiger partial charge in [0.2, 0.25) is 29.5 Å². The summed E-state index contributed by atoms with van der Waals surface area (Å²) in [5.41, 5.74) is 4.09. The molecule has 55 heavy (non-hydrogen) atoms. The average Bonchev–Trinajstić information content (AvgIpc) is 3.91. The summed E-state index contributed by atoms with van der Waals surface area (Å²) in [5, 5.41) is 12.6. The Bertz CT molecular complexity index is 2080. The van der Waals surface area contributed by atoms with Crippen molar-refractivity contribution < 1.29 is 37.0 Å². The lowest BCUT2D eigenvalue weighted by Crippen LogP contribution is -2.35. The molecule has 2 amide bonds. The van der Waals surface area contributed by atoms with Gasteiger partial charge >= 0.3 is 6.18 Å². The van der Waals surface area contributed by atoms with Crippen LogP contribution >= 0.6 is 11.6 Å². The van der Waals surface area contributed by atoms with Gasteiger partial charge in [-0.2, -0.15) is 18.2 Å². The Morgan fingerprint density at radius 3 is 2.13 bits per heavy atom. The van der Waals surface area contributed by atoms with Crippen molar-refractivity contribution in [2.75, 3.05) is 27.3 Å². The third-order valence-corrected chi connectivity index (χ3v) is 10.5. The fraction of sp³-hybridized carbons (Fsp3) is 0.410. The molecule has 12 nitrogen and oxygen atoms in total. The van der Waals surface area contributed by atoms with E-state index < -0.39 is 23.7 Å². The summed E-state index contributed by atoms with van der Waals surface area (Å²) in [6.45, 7) is 1.58. The molecule has 0 unspecified atom stereocenters. The summed E-state index contributed by atoms with van der Waals surface area (Å²) >= 11 is 7.05. The fourth-order valence-electron chi connectivity index (χ4n) is 7.40. The summed E-state index contributed by atoms with van der Waals surface area (Å²) in [6.07, 6.45) is -0.494. The molecule has 0 spiro atoms. The summed E-state index contributed by atoms with van der Waals surface area (Å²) in [4.78, 5) is 36.6. The van der Waals surface area contributed by atoms with E-state index in [0.29, 0.717) is 85.2 Å². The number of carbonyl (C=O) groups is 2. The summed E-state index contributed by atoms with van der Waals surface area (Å²) in [5.74, 6) is -0.0998. The number of methoxy groups -OCH3 is 2. The second-order valence-electron chi connectivity index (χ2n) is 13.8. The number of hydrogen-bond acceptors (Lipinski definition) is 10. The second-order valence-corrected chi connectivity index (χ2v) is 14.2. The first-order valence-electron chi connectivity index (χ1n) is 18.1. The van der Waals surface area contributed by atoms with Crippen LogP contribution in [0, 0.1) is 0 Å². The number of ether oxygens (including phenoxy) is 3. The number of pyridine rings is 3. The van der Waals surface area contributed by atoms with E-state index in [-0.39, 0.29) is 41.9 Å². The van der Waals surface area contributed by atoms with Gasteiger partial charge in [0.1, 0.15) is 11.7 Å². The maximum atomic E-state index is 14.5. The van der Waals surface area contributed by atoms with Crippen LogP contribution in [0.15, 0.2) is 48.7 Å². The summed E-state index contributed by atoms with van der Waals surface area (Å²) in [6, 6.07) is 12.1. The predicted octanol–water partition coefficient (Wildman–Crippen LogP) is 5.70. The van der Waals surface area contributed by atoms with Crippen molar-refractivity contribution in [2.24, 2.45) is 0 Å². The van der Waals surface area contributed by atoms with Gasteiger partial charge in [0.25, 0.3) is 0 Å². The molecular weight excluding hydrogens is 739 g/mol. The topological polar surface area (TPSA) is 149 Å². The van der Waals surface area contributed by atoms with Gasteiger partial charge in [-0.3, -0.25) is 14.6 Å². The van der Waals surface area contributed by atoms with Crippen molar-refractivity contribution in [3.63, 3.8) is 0 Å². The third kappa shape index (κ3) is 8.48. The molecule has 4 aromatic rings. The zero-order valence-electron chi connectivity index (χ0n) is 30.3. The molecule has 2 saturated heterocycles. The monoisotopic (exact) mass is 779 g/mol. The molecular formula is C39H41ClF3N7O5. The van der Waals surface area contributed by atoms with Crippen molar-refractivity contribution >= 4 is 23.4 Å². The number of amides is 2. The Labute approximate surface area is 320 Å². The first kappa shape index (κ1) is 38.3. The van der Waals surface area contributed by atoms with Gasteiger partial charge in [0.15, 0.2) is 0 Å². The number of fused-ring (bicyclic) bond motifs is 1. The number of alkyl halides is 3. The van der Waals surface area contributed by atoms with E-state index in [1.165, 1.54) is 7.11 Å². The molecule has 2 fully saturated rings. The quantitative estimate of drug-likeness (QED) is 0.126. The van der Waals surface area contributed by atoms with Gasteiger partial charge in [-0.15, -0.1) is 0 Å². The standard InChI is InChI=1S/C39H41ClF3N7O5/c1-53-36-21(17-44-19-23-7-12-32(51)47-23)6-10-30(49-36)28-14-15-46-35(34(28)40)27-5-3-4-26-25(27)9-11-31(26)55-38-29(39(41,42)43)16-22(37(50-38)54-2)18-45-20-24-8-13-33(52)48-24/h3-6,10,14-16,23-24,31,44-45H,7-9,11-13,17-20H2,1-2H3,(H,47,51)(H,48,52)/t23-,24+,31+/m0/s1. The van der Waals surface area contributed by atoms with Crippen LogP contribution in [-0.2, 0) is 35.3 Å². The van der Waals surface area contributed by atoms with Gasteiger partial charge in [-0.25, -0.2) is 4.98 Å². The lowest BCUT2D eigenvalue weighted by Gasteiger charge is -2.21. The molecule has 16 heteroatoms. The molecule has 2 aliphatic heterocycles. The number of nitrogens with one attached hydrogen (secondary N) is 4. The number of rotatable bonds is 14. The minimum Gasteiger partial charge on any atom is -0.481 e. The lowest BCUT2D eigenvalue weighted by atomic mass is 9.98. The Morgan fingerprint density at radius 2 is 1.49 bits per heavy atom. The van der Waals surface area contributed by atoms with Gasteiger partial charge in [0.05, 0.1) is 30.6 Å². The van der Waals surface area contributed by atoms with Crippen LogP contribution in [0.1, 0.15) is 66.0 Å². The minimum absolute atomic E-state index is 0.0133. The average molecular weight is 780 g/mol. The molecule has 0 bridgehead atoms. The highest BCUT2D eigenvalue weighted by molar-refractivity contribution is 6.35. The maximum Gasteiger partial charge on any atom is 0.421 e. The molecule has 3 atom stereocenters. The van der Waals surface area contributed by atoms with Crippen molar-refractivity contribution in [3.8, 4) is 40.2 Å². The Balaban J connectivity index is 1.10. The molecule has 7 rings (SSSR count). The highest BCUT2D eigenvalue weighted by Crippen LogP contribution is 2.45. The summed E-state index contributed by atoms with van der Waals surface area (Å²) in [7, 11) is 2.90. The van der Waals surface area contributed by atoms with E-state index in [2.05, 4.69) is 31.2 Å². The summed E-state index contributed by atoms with van der Waals surface area (Å²) < 4.78 is 60.5. The first-order chi connectivity index (χ1) is 26.5. The Morgan fingerprint density at radius 1 is 0.818 bits per heavy atom. The fourth-order valence-corrected chi connectivity index (χ4v) is 7.71. The van der Waals surface area contributed by atoms with Crippen LogP contribution in [0.5, 0.6) is 17.6 Å². The SMILES string of the molecule is COc1nc(-c2ccnc(-c3cccc4c3CC[C@H]4Oc3nc(OC)c(CNC[C@H]4CCC(=O)N4)cc3C(F)(F)F)c2Cl)ccc1CNC[C@@H]1CCC(=O)N1. The minimum atomic E-state index is -4.75. The third-order valence-electron chi connectivity index (χ3n) is 10.1. The predicted molar refractivity (Wildman–Crippen MR) is 198 cm³/mol. The number of nitrogens with zero attached hydrogens (tertiary/aromatic N) is 3. The highest BCUT2D eigenvalue weighted by Gasteiger charge is 2.39. The maximum absolute atomic E-state index is 14.5. The number of carbonyl (C=O) groups excluding carboxylic acids is 2. The van der Waals surface area contributed by atoms with E-state index in [1.807, 2.05) is 24.3 Å². The van der Waals surface area contributed by atoms with E-state index >= 15 is 0 Å². The van der Waals surface area contributed by atoms with E-state index in [4.69, 9.17) is 30.8 Å².